The lowest BCUT2D eigenvalue weighted by atomic mass is 9.84. The molecule has 0 saturated heterocycles. The largest absolute Gasteiger partial charge is 0.328 e. The van der Waals surface area contributed by atoms with Crippen molar-refractivity contribution < 1.29 is 4.79 Å². The van der Waals surface area contributed by atoms with Crippen LogP contribution in [0.3, 0.4) is 0 Å². The van der Waals surface area contributed by atoms with Crippen molar-refractivity contribution in [1.29, 1.82) is 0 Å². The van der Waals surface area contributed by atoms with Crippen LogP contribution in [0.4, 0.5) is 0 Å². The van der Waals surface area contributed by atoms with Gasteiger partial charge in [-0.25, -0.2) is 4.98 Å². The molecule has 1 saturated carbocycles. The molecular weight excluding hydrogens is 420 g/mol. The van der Waals surface area contributed by atoms with Crippen LogP contribution >= 0.6 is 0 Å². The van der Waals surface area contributed by atoms with Crippen LogP contribution in [0.1, 0.15) is 65.2 Å². The van der Waals surface area contributed by atoms with E-state index in [1.54, 1.807) is 12.1 Å². The number of aromatic nitrogens is 1. The summed E-state index contributed by atoms with van der Waals surface area (Å²) >= 11 is 0. The number of carbonyl (C=O) groups excluding carboxylic acids is 1. The lowest BCUT2D eigenvalue weighted by Crippen LogP contribution is -2.27. The minimum atomic E-state index is -0.0182. The lowest BCUT2D eigenvalue weighted by molar-refractivity contribution is 0.0996. The first-order valence-corrected chi connectivity index (χ1v) is 12.0. The number of hydrogen-bond donors (Lipinski definition) is 1. The molecule has 34 heavy (non-hydrogen) atoms. The van der Waals surface area contributed by atoms with Gasteiger partial charge in [-0.2, -0.15) is 0 Å². The molecule has 4 rings (SSSR count). The fourth-order valence-electron chi connectivity index (χ4n) is 4.80. The van der Waals surface area contributed by atoms with E-state index in [-0.39, 0.29) is 23.2 Å². The first-order chi connectivity index (χ1) is 16.4. The van der Waals surface area contributed by atoms with Crippen LogP contribution in [0.2, 0.25) is 0 Å². The number of nitrogens with zero attached hydrogens (tertiary/aromatic N) is 1. The van der Waals surface area contributed by atoms with Crippen molar-refractivity contribution in [2.45, 2.75) is 57.9 Å². The Morgan fingerprint density at radius 1 is 1.00 bits per heavy atom. The Labute approximate surface area is 201 Å². The van der Waals surface area contributed by atoms with Gasteiger partial charge in [-0.15, -0.1) is 6.58 Å². The van der Waals surface area contributed by atoms with Gasteiger partial charge in [0.1, 0.15) is 0 Å². The van der Waals surface area contributed by atoms with Gasteiger partial charge in [0.15, 0.2) is 5.78 Å². The molecule has 0 aliphatic heterocycles. The normalized spacial score (nSPS) is 17.9. The summed E-state index contributed by atoms with van der Waals surface area (Å²) in [7, 11) is 0. The number of benzene rings is 2. The van der Waals surface area contributed by atoms with Crippen molar-refractivity contribution >= 4 is 5.78 Å². The van der Waals surface area contributed by atoms with Crippen molar-refractivity contribution in [3.05, 3.63) is 99.9 Å². The fraction of sp³-hybridized carbons (Fsp3) is 0.300. The molecule has 174 valence electrons. The number of aryl methyl sites for hydroxylation is 2. The average Bonchev–Trinajstić information content (AvgIpc) is 2.96. The quantitative estimate of drug-likeness (QED) is 0.360. The highest BCUT2D eigenvalue weighted by Gasteiger charge is 2.24. The van der Waals surface area contributed by atoms with Crippen LogP contribution in [0.5, 0.6) is 0 Å². The second-order valence-corrected chi connectivity index (χ2v) is 9.38. The minimum absolute atomic E-state index is 0.0182. The molecule has 1 aromatic heterocycles. The molecule has 0 amide bonds. The van der Waals surface area contributed by atoms with E-state index in [9.17, 15) is 9.59 Å². The molecule has 1 aliphatic carbocycles. The van der Waals surface area contributed by atoms with Gasteiger partial charge < -0.3 is 5.73 Å². The van der Waals surface area contributed by atoms with Crippen LogP contribution in [-0.2, 0) is 0 Å². The SMILES string of the molecule is C=CCC(=O)c1ccc(-c2nc(C3CCC(N)CC3)c(=O)cc(C)c2-c2ccc(C)cc2)cc1. The van der Waals surface area contributed by atoms with Crippen molar-refractivity contribution in [3.8, 4) is 22.4 Å². The van der Waals surface area contributed by atoms with Crippen molar-refractivity contribution in [1.82, 2.24) is 4.98 Å². The molecule has 0 radical (unpaired) electrons. The second kappa shape index (κ2) is 10.3. The van der Waals surface area contributed by atoms with Gasteiger partial charge in [0.25, 0.3) is 0 Å². The van der Waals surface area contributed by atoms with Gasteiger partial charge in [-0.3, -0.25) is 9.59 Å². The van der Waals surface area contributed by atoms with E-state index >= 15 is 0 Å². The predicted octanol–water partition coefficient (Wildman–Crippen LogP) is 6.14. The van der Waals surface area contributed by atoms with Crippen LogP contribution in [0, 0.1) is 13.8 Å². The highest BCUT2D eigenvalue weighted by atomic mass is 16.1. The Bertz CT molecular complexity index is 1250. The second-order valence-electron chi connectivity index (χ2n) is 9.38. The average molecular weight is 453 g/mol. The number of rotatable bonds is 6. The summed E-state index contributed by atoms with van der Waals surface area (Å²) < 4.78 is 0. The Kier molecular flexibility index (Phi) is 7.18. The van der Waals surface area contributed by atoms with Gasteiger partial charge in [0.2, 0.25) is 5.43 Å². The summed E-state index contributed by atoms with van der Waals surface area (Å²) in [5, 5.41) is 0. The highest BCUT2D eigenvalue weighted by molar-refractivity contribution is 5.97. The fourth-order valence-corrected chi connectivity index (χ4v) is 4.80. The predicted molar refractivity (Wildman–Crippen MR) is 139 cm³/mol. The van der Waals surface area contributed by atoms with E-state index in [0.717, 1.165) is 53.6 Å². The molecule has 1 heterocycles. The molecule has 1 aliphatic rings. The van der Waals surface area contributed by atoms with Crippen molar-refractivity contribution in [2.24, 2.45) is 5.73 Å². The van der Waals surface area contributed by atoms with E-state index < -0.39 is 0 Å². The highest BCUT2D eigenvalue weighted by Crippen LogP contribution is 2.36. The third-order valence-corrected chi connectivity index (χ3v) is 6.77. The number of nitrogens with two attached hydrogens (primary N) is 1. The summed E-state index contributed by atoms with van der Waals surface area (Å²) in [6.45, 7) is 7.69. The Morgan fingerprint density at radius 2 is 1.62 bits per heavy atom. The van der Waals surface area contributed by atoms with E-state index in [1.165, 1.54) is 5.56 Å². The molecule has 4 nitrogen and oxygen atoms in total. The third kappa shape index (κ3) is 5.07. The zero-order valence-corrected chi connectivity index (χ0v) is 20.0. The van der Waals surface area contributed by atoms with Gasteiger partial charge in [-0.1, -0.05) is 60.2 Å². The molecule has 0 unspecified atom stereocenters. The molecule has 2 aromatic carbocycles. The van der Waals surface area contributed by atoms with Crippen molar-refractivity contribution in [3.63, 3.8) is 0 Å². The maximum Gasteiger partial charge on any atom is 0.200 e. The first-order valence-electron chi connectivity index (χ1n) is 12.0. The van der Waals surface area contributed by atoms with Gasteiger partial charge in [-0.05, 0) is 56.7 Å². The van der Waals surface area contributed by atoms with Crippen LogP contribution in [-0.4, -0.2) is 16.8 Å². The van der Waals surface area contributed by atoms with Crippen molar-refractivity contribution in [2.75, 3.05) is 0 Å². The van der Waals surface area contributed by atoms with Crippen LogP contribution < -0.4 is 11.2 Å². The molecule has 0 bridgehead atoms. The summed E-state index contributed by atoms with van der Waals surface area (Å²) in [6.07, 6.45) is 5.49. The zero-order valence-electron chi connectivity index (χ0n) is 20.0. The lowest BCUT2D eigenvalue weighted by Gasteiger charge is -2.25. The Hall–Kier alpha value is -3.37. The smallest absolute Gasteiger partial charge is 0.200 e. The molecule has 4 heteroatoms. The van der Waals surface area contributed by atoms with E-state index in [1.807, 2.05) is 31.2 Å². The molecule has 0 atom stereocenters. The monoisotopic (exact) mass is 452 g/mol. The number of ketones is 1. The summed E-state index contributed by atoms with van der Waals surface area (Å²) in [5.74, 6) is 0.140. The Morgan fingerprint density at radius 3 is 2.24 bits per heavy atom. The molecule has 3 aromatic rings. The van der Waals surface area contributed by atoms with E-state index in [2.05, 4.69) is 37.8 Å². The minimum Gasteiger partial charge on any atom is -0.328 e. The molecule has 1 fully saturated rings. The van der Waals surface area contributed by atoms with Crippen LogP contribution in [0.25, 0.3) is 22.4 Å². The third-order valence-electron chi connectivity index (χ3n) is 6.77. The van der Waals surface area contributed by atoms with E-state index in [0.29, 0.717) is 17.7 Å². The standard InChI is InChI=1S/C30H32N2O2/c1-4-5-26(33)21-10-12-24(13-11-21)30-28(22-8-6-19(2)7-9-22)20(3)18-27(34)29(32-30)23-14-16-25(31)17-15-23/h4,6-13,18,23,25H,1,5,14-17,31H2,2-3H3. The summed E-state index contributed by atoms with van der Waals surface area (Å²) in [5.41, 5.74) is 13.1. The molecular formula is C30H32N2O2. The summed E-state index contributed by atoms with van der Waals surface area (Å²) in [6, 6.07) is 17.8. The maximum absolute atomic E-state index is 13.3. The van der Waals surface area contributed by atoms with Gasteiger partial charge in [0.05, 0.1) is 11.4 Å². The van der Waals surface area contributed by atoms with E-state index in [4.69, 9.17) is 10.7 Å². The number of Topliss-reactive ketones (excluding diaryl/α,β-unsaturated/α-hetero) is 1. The number of hydrogen-bond acceptors (Lipinski definition) is 4. The van der Waals surface area contributed by atoms with Crippen LogP contribution in [0.15, 0.2) is 72.0 Å². The molecule has 0 spiro atoms. The van der Waals surface area contributed by atoms with Gasteiger partial charge in [0, 0.05) is 35.1 Å². The molecule has 2 N–H and O–H groups in total. The maximum atomic E-state index is 13.3. The van der Waals surface area contributed by atoms with Gasteiger partial charge >= 0.3 is 0 Å². The summed E-state index contributed by atoms with van der Waals surface area (Å²) in [4.78, 5) is 30.7. The topological polar surface area (TPSA) is 73.1 Å². The zero-order chi connectivity index (χ0) is 24.2. The first kappa shape index (κ1) is 23.8. The number of carbonyl (C=O) groups is 1. The number of allylic oxidation sites excluding steroid dienone is 1. The Balaban J connectivity index is 1.92.